The monoisotopic (exact) mass is 405 g/mol. The van der Waals surface area contributed by atoms with Gasteiger partial charge in [-0.3, -0.25) is 4.68 Å². The normalized spacial score (nSPS) is 20.1. The number of aromatic nitrogens is 2. The summed E-state index contributed by atoms with van der Waals surface area (Å²) in [6.45, 7) is 0.710. The van der Waals surface area contributed by atoms with Crippen LogP contribution < -0.4 is 4.74 Å². The van der Waals surface area contributed by atoms with Gasteiger partial charge >= 0.3 is 6.09 Å². The number of amides is 1. The van der Waals surface area contributed by atoms with Crippen LogP contribution >= 0.6 is 0 Å². The van der Waals surface area contributed by atoms with Gasteiger partial charge in [0.15, 0.2) is 5.75 Å². The van der Waals surface area contributed by atoms with Crippen molar-refractivity contribution in [3.8, 4) is 16.9 Å². The Morgan fingerprint density at radius 2 is 1.77 bits per heavy atom. The first-order chi connectivity index (χ1) is 14.6. The number of aliphatic hydroxyl groups excluding tert-OH is 1. The number of rotatable bonds is 4. The van der Waals surface area contributed by atoms with Crippen LogP contribution in [-0.4, -0.2) is 57.8 Å². The van der Waals surface area contributed by atoms with Gasteiger partial charge in [0.25, 0.3) is 0 Å². The van der Waals surface area contributed by atoms with Gasteiger partial charge < -0.3 is 19.5 Å². The van der Waals surface area contributed by atoms with E-state index in [1.807, 2.05) is 24.3 Å². The second-order valence-electron chi connectivity index (χ2n) is 7.78. The first-order valence-electron chi connectivity index (χ1n) is 10.0. The van der Waals surface area contributed by atoms with Crippen molar-refractivity contribution < 1.29 is 19.4 Å². The molecular weight excluding hydrogens is 382 g/mol. The number of benzene rings is 2. The van der Waals surface area contributed by atoms with Gasteiger partial charge in [0.05, 0.1) is 25.5 Å². The Kier molecular flexibility index (Phi) is 4.67. The maximum atomic E-state index is 12.7. The van der Waals surface area contributed by atoms with E-state index in [2.05, 4.69) is 29.4 Å². The summed E-state index contributed by atoms with van der Waals surface area (Å²) in [5.41, 5.74) is 4.72. The fourth-order valence-corrected chi connectivity index (χ4v) is 4.34. The highest BCUT2D eigenvalue weighted by atomic mass is 16.6. The van der Waals surface area contributed by atoms with E-state index in [1.165, 1.54) is 27.2 Å². The van der Waals surface area contributed by atoms with Crippen molar-refractivity contribution in [3.05, 3.63) is 72.1 Å². The van der Waals surface area contributed by atoms with Crippen molar-refractivity contribution in [3.63, 3.8) is 0 Å². The number of carbonyl (C=O) groups excluding carboxylic acids is 1. The first-order valence-corrected chi connectivity index (χ1v) is 10.0. The van der Waals surface area contributed by atoms with Crippen LogP contribution in [0.5, 0.6) is 5.75 Å². The molecule has 1 N–H and O–H groups in total. The fraction of sp³-hybridized carbons (Fsp3) is 0.304. The molecule has 7 heteroatoms. The number of hydrogen-bond acceptors (Lipinski definition) is 5. The number of likely N-dealkylation sites (tertiary alicyclic amines) is 1. The van der Waals surface area contributed by atoms with E-state index in [9.17, 15) is 9.90 Å². The molecule has 0 saturated carbocycles. The van der Waals surface area contributed by atoms with E-state index in [0.29, 0.717) is 5.75 Å². The number of hydrogen-bond donors (Lipinski definition) is 1. The molecular formula is C23H23N3O4. The second-order valence-corrected chi connectivity index (χ2v) is 7.78. The van der Waals surface area contributed by atoms with Gasteiger partial charge in [-0.15, -0.1) is 0 Å². The zero-order chi connectivity index (χ0) is 20.7. The molecule has 1 aliphatic heterocycles. The van der Waals surface area contributed by atoms with Crippen LogP contribution in [0, 0.1) is 0 Å². The molecule has 0 radical (unpaired) electrons. The second kappa shape index (κ2) is 7.50. The summed E-state index contributed by atoms with van der Waals surface area (Å²) in [7, 11) is 1.79. The smallest absolute Gasteiger partial charge is 0.410 e. The predicted octanol–water partition coefficient (Wildman–Crippen LogP) is 2.79. The Morgan fingerprint density at radius 3 is 2.40 bits per heavy atom. The minimum atomic E-state index is -0.773. The molecule has 7 nitrogen and oxygen atoms in total. The van der Waals surface area contributed by atoms with Crippen LogP contribution in [-0.2, 0) is 11.8 Å². The lowest BCUT2D eigenvalue weighted by molar-refractivity contribution is 0.0735. The maximum absolute atomic E-state index is 12.7. The van der Waals surface area contributed by atoms with E-state index < -0.39 is 18.3 Å². The standard InChI is InChI=1S/C23H23N3O4/c1-25-11-15(10-24-25)30-22-13-26(12-21(22)27)23(28)29-14-20-18-8-4-2-6-16(18)17-7-3-5-9-19(17)20/h2-11,20-22,27H,12-14H2,1H3/t21-,22-/m1/s1. The number of aliphatic hydroxyl groups is 1. The molecule has 1 amide bonds. The van der Waals surface area contributed by atoms with Crippen molar-refractivity contribution in [2.75, 3.05) is 19.7 Å². The number of β-amino-alcohol motifs (C(OH)–C–C–N with tert-alkyl or cyclic N) is 1. The molecule has 1 aliphatic carbocycles. The highest BCUT2D eigenvalue weighted by Crippen LogP contribution is 2.44. The average molecular weight is 405 g/mol. The quantitative estimate of drug-likeness (QED) is 0.722. The largest absolute Gasteiger partial charge is 0.482 e. The highest BCUT2D eigenvalue weighted by molar-refractivity contribution is 5.79. The van der Waals surface area contributed by atoms with Crippen molar-refractivity contribution in [1.82, 2.24) is 14.7 Å². The van der Waals surface area contributed by atoms with Crippen LogP contribution in [0.25, 0.3) is 11.1 Å². The van der Waals surface area contributed by atoms with E-state index in [-0.39, 0.29) is 25.6 Å². The first kappa shape index (κ1) is 18.7. The zero-order valence-electron chi connectivity index (χ0n) is 16.6. The summed E-state index contributed by atoms with van der Waals surface area (Å²) in [6, 6.07) is 16.5. The predicted molar refractivity (Wildman–Crippen MR) is 110 cm³/mol. The van der Waals surface area contributed by atoms with Gasteiger partial charge in [0.2, 0.25) is 0 Å². The Bertz CT molecular complexity index is 1030. The molecule has 3 aromatic rings. The summed E-state index contributed by atoms with van der Waals surface area (Å²) in [6.07, 6.45) is 1.60. The molecule has 0 bridgehead atoms. The number of aryl methyl sites for hydroxylation is 1. The van der Waals surface area contributed by atoms with E-state index in [4.69, 9.17) is 9.47 Å². The highest BCUT2D eigenvalue weighted by Gasteiger charge is 2.37. The molecule has 30 heavy (non-hydrogen) atoms. The summed E-state index contributed by atoms with van der Waals surface area (Å²) < 4.78 is 13.1. The molecule has 0 unspecified atom stereocenters. The van der Waals surface area contributed by atoms with Gasteiger partial charge in [0.1, 0.15) is 18.8 Å². The third-order valence-corrected chi connectivity index (χ3v) is 5.80. The van der Waals surface area contributed by atoms with Crippen LogP contribution in [0.15, 0.2) is 60.9 Å². The van der Waals surface area contributed by atoms with Crippen LogP contribution in [0.1, 0.15) is 17.0 Å². The summed E-state index contributed by atoms with van der Waals surface area (Å²) in [5, 5.41) is 14.4. The molecule has 1 saturated heterocycles. The van der Waals surface area contributed by atoms with E-state index in [0.717, 1.165) is 0 Å². The third kappa shape index (κ3) is 3.31. The van der Waals surface area contributed by atoms with Crippen molar-refractivity contribution in [2.24, 2.45) is 7.05 Å². The molecule has 2 aromatic carbocycles. The van der Waals surface area contributed by atoms with Crippen LogP contribution in [0.4, 0.5) is 4.79 Å². The van der Waals surface area contributed by atoms with Crippen molar-refractivity contribution in [2.45, 2.75) is 18.1 Å². The number of fused-ring (bicyclic) bond motifs is 3. The number of carbonyl (C=O) groups is 1. The molecule has 2 heterocycles. The van der Waals surface area contributed by atoms with E-state index in [1.54, 1.807) is 24.1 Å². The van der Waals surface area contributed by atoms with Crippen molar-refractivity contribution >= 4 is 6.09 Å². The molecule has 5 rings (SSSR count). The summed E-state index contributed by atoms with van der Waals surface area (Å²) in [4.78, 5) is 14.2. The number of ether oxygens (including phenoxy) is 2. The van der Waals surface area contributed by atoms with Gasteiger partial charge in [-0.25, -0.2) is 4.79 Å². The van der Waals surface area contributed by atoms with Gasteiger partial charge in [-0.2, -0.15) is 5.10 Å². The Hall–Kier alpha value is -3.32. The lowest BCUT2D eigenvalue weighted by atomic mass is 9.98. The maximum Gasteiger partial charge on any atom is 0.410 e. The Labute approximate surface area is 174 Å². The minimum Gasteiger partial charge on any atom is -0.482 e. The van der Waals surface area contributed by atoms with Crippen LogP contribution in [0.3, 0.4) is 0 Å². The topological polar surface area (TPSA) is 76.8 Å². The minimum absolute atomic E-state index is 0.0105. The molecule has 1 fully saturated rings. The molecule has 0 spiro atoms. The molecule has 1 aromatic heterocycles. The Balaban J connectivity index is 1.25. The van der Waals surface area contributed by atoms with Gasteiger partial charge in [0, 0.05) is 13.0 Å². The SMILES string of the molecule is Cn1cc(O[C@@H]2CN(C(=O)OCC3c4ccccc4-c4ccccc43)C[C@H]2O)cn1. The van der Waals surface area contributed by atoms with Gasteiger partial charge in [-0.1, -0.05) is 48.5 Å². The average Bonchev–Trinajstić information content (AvgIpc) is 3.43. The van der Waals surface area contributed by atoms with E-state index >= 15 is 0 Å². The van der Waals surface area contributed by atoms with Crippen molar-refractivity contribution in [1.29, 1.82) is 0 Å². The summed E-state index contributed by atoms with van der Waals surface area (Å²) >= 11 is 0. The van der Waals surface area contributed by atoms with Crippen LogP contribution in [0.2, 0.25) is 0 Å². The molecule has 2 atom stereocenters. The third-order valence-electron chi connectivity index (χ3n) is 5.80. The summed E-state index contributed by atoms with van der Waals surface area (Å²) in [5.74, 6) is 0.576. The molecule has 154 valence electrons. The zero-order valence-corrected chi connectivity index (χ0v) is 16.6. The fourth-order valence-electron chi connectivity index (χ4n) is 4.34. The number of nitrogens with zero attached hydrogens (tertiary/aromatic N) is 3. The molecule has 2 aliphatic rings. The Morgan fingerprint density at radius 1 is 1.10 bits per heavy atom. The van der Waals surface area contributed by atoms with Gasteiger partial charge in [-0.05, 0) is 22.3 Å². The lowest BCUT2D eigenvalue weighted by Crippen LogP contribution is -2.32. The lowest BCUT2D eigenvalue weighted by Gasteiger charge is -2.19.